The van der Waals surface area contributed by atoms with Crippen LogP contribution in [0.25, 0.3) is 20.9 Å². The van der Waals surface area contributed by atoms with Crippen molar-refractivity contribution in [3.8, 4) is 0 Å². The van der Waals surface area contributed by atoms with E-state index >= 15 is 0 Å². The van der Waals surface area contributed by atoms with Crippen molar-refractivity contribution in [2.45, 2.75) is 217 Å². The molecule has 9 rings (SSSR count). The highest BCUT2D eigenvalue weighted by Gasteiger charge is 2.46. The smallest absolute Gasteiger partial charge is 0.410 e. The first-order valence-corrected chi connectivity index (χ1v) is 36.9. The number of nitrogens with zero attached hydrogens (tertiary/aromatic N) is 12. The van der Waals surface area contributed by atoms with E-state index < -0.39 is 154 Å². The Labute approximate surface area is 643 Å². The summed E-state index contributed by atoms with van der Waals surface area (Å²) in [6, 6.07) is 17.6. The Kier molecular flexibility index (Phi) is 39.7. The molecule has 0 radical (unpaired) electrons. The topological polar surface area (TPSA) is 641 Å². The molecule has 0 aliphatic carbocycles. The second-order valence-electron chi connectivity index (χ2n) is 30.7. The van der Waals surface area contributed by atoms with Crippen molar-refractivity contribution in [1.82, 2.24) is 34.7 Å². The van der Waals surface area contributed by atoms with Gasteiger partial charge in [0.25, 0.3) is 21.9 Å². The van der Waals surface area contributed by atoms with Gasteiger partial charge in [-0.1, -0.05) is 77.8 Å². The number of aliphatic carboxylic acids is 2. The highest BCUT2D eigenvalue weighted by atomic mass is 32.2. The Morgan fingerprint density at radius 3 is 1.11 bits per heavy atom. The summed E-state index contributed by atoms with van der Waals surface area (Å²) in [6.07, 6.45) is -13.0. The zero-order chi connectivity index (χ0) is 85.0. The van der Waals surface area contributed by atoms with E-state index in [1.165, 1.54) is 20.3 Å². The molecule has 17 N–H and O–H groups in total. The zero-order valence-corrected chi connectivity index (χ0v) is 65.6. The van der Waals surface area contributed by atoms with Gasteiger partial charge in [0.2, 0.25) is 0 Å². The normalized spacial score (nSPS) is 26.1. The number of carbonyl (C=O) groups excluding carboxylic acids is 6. The number of carbonyl (C=O) groups is 8. The van der Waals surface area contributed by atoms with Crippen molar-refractivity contribution in [2.75, 3.05) is 84.8 Å². The van der Waals surface area contributed by atoms with Gasteiger partial charge in [-0.15, -0.1) is 0 Å². The molecule has 628 valence electrons. The summed E-state index contributed by atoms with van der Waals surface area (Å²) < 4.78 is 47.8. The van der Waals surface area contributed by atoms with Crippen LogP contribution in [0.1, 0.15) is 101 Å². The minimum atomic E-state index is -3.50. The van der Waals surface area contributed by atoms with Gasteiger partial charge in [0.05, 0.1) is 87.2 Å². The number of amides is 6. The second kappa shape index (κ2) is 44.7. The maximum Gasteiger partial charge on any atom is 0.410 e. The third kappa shape index (κ3) is 37.2. The van der Waals surface area contributed by atoms with Crippen LogP contribution in [-0.4, -0.2) is 346 Å². The van der Waals surface area contributed by atoms with Crippen molar-refractivity contribution >= 4 is 58.2 Å². The summed E-state index contributed by atoms with van der Waals surface area (Å²) in [5.74, 6) is -5.07. The first-order chi connectivity index (χ1) is 51.1. The molecule has 0 saturated carbocycles. The van der Waals surface area contributed by atoms with E-state index in [4.69, 9.17) is 76.3 Å². The van der Waals surface area contributed by atoms with Crippen LogP contribution < -0.4 is 16.8 Å². The number of benzene rings is 2. The number of hydrogen-bond acceptors (Lipinski definition) is 31. The summed E-state index contributed by atoms with van der Waals surface area (Å²) in [4.78, 5) is 103. The molecule has 7 aliphatic rings. The lowest BCUT2D eigenvalue weighted by atomic mass is 10.1. The lowest BCUT2D eigenvalue weighted by molar-refractivity contribution is -0.165. The van der Waals surface area contributed by atoms with E-state index in [9.17, 15) is 77.4 Å². The highest BCUT2D eigenvalue weighted by Crippen LogP contribution is 2.25. The fourth-order valence-electron chi connectivity index (χ4n) is 10.3. The van der Waals surface area contributed by atoms with E-state index in [2.05, 4.69) is 42.4 Å². The average Bonchev–Trinajstić information content (AvgIpc) is 1.67. The summed E-state index contributed by atoms with van der Waals surface area (Å²) in [7, 11) is -3.50. The Balaban J connectivity index is 0.000000435. The van der Waals surface area contributed by atoms with Crippen LogP contribution in [0.5, 0.6) is 0 Å². The maximum atomic E-state index is 11.8. The predicted octanol–water partition coefficient (Wildman–Crippen LogP) is -0.647. The molecule has 6 amide bonds. The SMILES string of the molecule is CC(C)(C)OC(=O)N1CC(N)C(N)C1.CC(C)(C)OC(=O)N1CC(N=[N+]=[N-])C(N=[N+]=[N-])C1.CC(C)(C)OC(=O)N1CC(O)C(O)C1.CC1CN(C(=O)OC(C)(C)C)CC1OS(C)(=O)=O.O=C(O)C(O)C(O)C(=O)O.O=C1C(O)C(O)C(=O)N1Cc1ccccc1.OC1CN(Cc2ccccc2)CC1O.OC1CNCC1O. The van der Waals surface area contributed by atoms with Crippen molar-refractivity contribution in [1.29, 1.82) is 0 Å². The number of imide groups is 1. The molecular weight excluding hydrogens is 1490 g/mol. The number of hydrogen-bond donors (Lipinski definition) is 15. The van der Waals surface area contributed by atoms with Gasteiger partial charge in [0, 0.05) is 93.3 Å². The van der Waals surface area contributed by atoms with Crippen molar-refractivity contribution in [3.05, 3.63) is 92.7 Å². The Morgan fingerprint density at radius 2 is 0.811 bits per heavy atom. The van der Waals surface area contributed by atoms with Gasteiger partial charge in [0.1, 0.15) is 22.4 Å². The lowest BCUT2D eigenvalue weighted by Crippen LogP contribution is -2.39. The largest absolute Gasteiger partial charge is 0.479 e. The summed E-state index contributed by atoms with van der Waals surface area (Å²) >= 11 is 0. The lowest BCUT2D eigenvalue weighted by Gasteiger charge is -2.24. The molecule has 2 aromatic rings. The van der Waals surface area contributed by atoms with Crippen LogP contribution in [0.4, 0.5) is 19.2 Å². The van der Waals surface area contributed by atoms with Gasteiger partial charge in [-0.2, -0.15) is 8.42 Å². The number of nitrogens with one attached hydrogen (secondary N) is 1. The maximum absolute atomic E-state index is 11.8. The van der Waals surface area contributed by atoms with Crippen molar-refractivity contribution in [2.24, 2.45) is 27.6 Å². The number of likely N-dealkylation sites (tertiary alicyclic amines) is 6. The quantitative estimate of drug-likeness (QED) is 0.0332. The van der Waals surface area contributed by atoms with E-state index in [0.717, 1.165) is 23.3 Å². The standard InChI is InChI=1S/C11H21NO5S.C11H11NO4.C11H15NO2.C9H15N7O2.C9H19N3O2.C9H17NO4.C4H9NO2.C4H6O6/c1-8-6-12(10(13)16-11(2,3)4)7-9(8)17-18(5,14)15;13-8-9(14)11(16)12(10(8)15)6-7-4-2-1-3-5-7;13-10-7-12(8-11(10)14)6-9-4-2-1-3-5-9;1-9(2,3)18-8(17)16-4-6(12-14-10)7(5-16)13-15-11;1-9(2,3)14-8(13)12-4-6(10)7(11)5-12;1-9(2,3)14-8(13)10-4-6(11)7(12)5-10;6-3-1-5-2-4(3)7;5-1(3(7)8)2(6)4(9)10/h8-9H,6-7H2,1-5H3;1-5,8-9,13-14H,6H2;1-5,10-11,13-14H,6-8H2;6-7H,4-5H2,1-3H3;6-7H,4-5,10-11H2,1-3H3;6-7,11-12H,4-5H2,1-3H3;3-7H,1-2H2;1-2,5-6H,(H,7,8)(H,9,10). The minimum Gasteiger partial charge on any atom is -0.479 e. The number of carboxylic acid groups (broad SMARTS) is 2. The number of azide groups is 2. The first kappa shape index (κ1) is 98.6. The van der Waals surface area contributed by atoms with Crippen LogP contribution in [0.15, 0.2) is 70.9 Å². The van der Waals surface area contributed by atoms with Crippen LogP contribution in [0.2, 0.25) is 0 Å². The summed E-state index contributed by atoms with van der Waals surface area (Å²) in [6.45, 7) is 28.7. The average molecular weight is 1600 g/mol. The van der Waals surface area contributed by atoms with Crippen LogP contribution in [0, 0.1) is 5.92 Å². The van der Waals surface area contributed by atoms with Crippen LogP contribution in [0.3, 0.4) is 0 Å². The number of carboxylic acids is 2. The fourth-order valence-corrected chi connectivity index (χ4v) is 11.0. The van der Waals surface area contributed by atoms with Gasteiger partial charge in [-0.05, 0) is 105 Å². The number of β-amino-alcohol motifs (C(OH)–C–C–N with tert-alkyl or cyclic N) is 6. The zero-order valence-electron chi connectivity index (χ0n) is 64.8. The minimum absolute atomic E-state index is 0.0350. The summed E-state index contributed by atoms with van der Waals surface area (Å²) in [5, 5.41) is 115. The van der Waals surface area contributed by atoms with E-state index in [1.54, 1.807) is 91.5 Å². The molecule has 7 aliphatic heterocycles. The van der Waals surface area contributed by atoms with Gasteiger partial charge in [-0.25, -0.2) is 28.8 Å². The molecule has 16 unspecified atom stereocenters. The predicted molar refractivity (Wildman–Crippen MR) is 394 cm³/mol. The second-order valence-corrected chi connectivity index (χ2v) is 32.3. The van der Waals surface area contributed by atoms with Crippen molar-refractivity contribution in [3.63, 3.8) is 0 Å². The molecule has 7 saturated heterocycles. The summed E-state index contributed by atoms with van der Waals surface area (Å²) in [5.41, 5.74) is 28.0. The van der Waals surface area contributed by atoms with Gasteiger partial charge < -0.3 is 117 Å². The molecule has 16 atom stereocenters. The van der Waals surface area contributed by atoms with Gasteiger partial charge in [-0.3, -0.25) is 23.6 Å². The molecule has 0 bridgehead atoms. The molecule has 2 aromatic carbocycles. The van der Waals surface area contributed by atoms with E-state index in [0.29, 0.717) is 45.8 Å². The Bertz CT molecular complexity index is 3370. The van der Waals surface area contributed by atoms with Gasteiger partial charge >= 0.3 is 36.3 Å². The number of aliphatic hydroxyl groups is 10. The third-order valence-corrected chi connectivity index (χ3v) is 16.4. The highest BCUT2D eigenvalue weighted by molar-refractivity contribution is 7.86. The third-order valence-electron chi connectivity index (χ3n) is 15.8. The molecule has 0 aromatic heterocycles. The van der Waals surface area contributed by atoms with Gasteiger partial charge in [0.15, 0.2) is 24.4 Å². The Morgan fingerprint density at radius 1 is 0.505 bits per heavy atom. The number of rotatable bonds is 11. The first-order valence-electron chi connectivity index (χ1n) is 35.1. The van der Waals surface area contributed by atoms with E-state index in [1.807, 2.05) is 52.0 Å². The van der Waals surface area contributed by atoms with Crippen LogP contribution in [-0.2, 0) is 65.5 Å². The Hall–Kier alpha value is -8.43. The number of aliphatic hydroxyl groups excluding tert-OH is 10. The molecule has 7 fully saturated rings. The molecule has 111 heavy (non-hydrogen) atoms. The molecule has 42 nitrogen and oxygen atoms in total. The number of ether oxygens (including phenoxy) is 4. The van der Waals surface area contributed by atoms with Crippen molar-refractivity contribution < 1.29 is 131 Å². The fraction of sp³-hybridized carbons (Fsp3) is 0.706. The number of nitrogens with two attached hydrogens (primary N) is 2. The molecular formula is C68H113N15O27S. The van der Waals surface area contributed by atoms with Crippen LogP contribution >= 0.6 is 0 Å². The van der Waals surface area contributed by atoms with E-state index in [-0.39, 0.29) is 63.4 Å². The monoisotopic (exact) mass is 1600 g/mol. The molecule has 0 spiro atoms. The molecule has 7 heterocycles. The molecule has 43 heteroatoms.